The van der Waals surface area contributed by atoms with E-state index in [0.29, 0.717) is 10.8 Å². The fourth-order valence-corrected chi connectivity index (χ4v) is 6.42. The third-order valence-corrected chi connectivity index (χ3v) is 9.42. The maximum Gasteiger partial charge on any atom is 0.264 e. The van der Waals surface area contributed by atoms with Crippen LogP contribution >= 0.6 is 11.6 Å². The normalized spacial score (nSPS) is 14.3. The van der Waals surface area contributed by atoms with Crippen LogP contribution in [0.3, 0.4) is 0 Å². The second-order valence-electron chi connectivity index (χ2n) is 10.3. The molecule has 0 aromatic heterocycles. The van der Waals surface area contributed by atoms with E-state index in [1.165, 1.54) is 17.0 Å². The van der Waals surface area contributed by atoms with Gasteiger partial charge >= 0.3 is 0 Å². The molecule has 3 aromatic carbocycles. The standard InChI is InChI=1S/C31H36ClN3O5S/c1-22-8-18-29(19-9-22)41(38,39)35(27-14-12-25(32)13-15-27)21-30(36)34(20-24-10-16-28(40-3)17-11-24)23(2)31(37)33-26-6-4-5-7-26/h8-19,23,26H,4-7,20-21H2,1-3H3,(H,33,37). The van der Waals surface area contributed by atoms with Gasteiger partial charge in [0.2, 0.25) is 11.8 Å². The largest absolute Gasteiger partial charge is 0.497 e. The summed E-state index contributed by atoms with van der Waals surface area (Å²) < 4.78 is 34.1. The topological polar surface area (TPSA) is 96.0 Å². The van der Waals surface area contributed by atoms with Crippen LogP contribution in [0.2, 0.25) is 5.02 Å². The van der Waals surface area contributed by atoms with E-state index in [4.69, 9.17) is 16.3 Å². The number of methoxy groups -OCH3 is 1. The molecule has 4 rings (SSSR count). The lowest BCUT2D eigenvalue weighted by molar-refractivity contribution is -0.139. The van der Waals surface area contributed by atoms with Gasteiger partial charge in [0, 0.05) is 17.6 Å². The Kier molecular flexibility index (Phi) is 9.94. The molecule has 3 aromatic rings. The maximum absolute atomic E-state index is 14.0. The van der Waals surface area contributed by atoms with Gasteiger partial charge in [0.25, 0.3) is 10.0 Å². The summed E-state index contributed by atoms with van der Waals surface area (Å²) in [6.07, 6.45) is 3.93. The summed E-state index contributed by atoms with van der Waals surface area (Å²) >= 11 is 6.08. The lowest BCUT2D eigenvalue weighted by Crippen LogP contribution is -2.52. The van der Waals surface area contributed by atoms with Crippen molar-refractivity contribution in [1.82, 2.24) is 10.2 Å². The van der Waals surface area contributed by atoms with Crippen LogP contribution in [0.15, 0.2) is 77.7 Å². The molecule has 0 bridgehead atoms. The summed E-state index contributed by atoms with van der Waals surface area (Å²) in [5.41, 5.74) is 1.97. The molecule has 10 heteroatoms. The number of carbonyl (C=O) groups is 2. The molecular weight excluding hydrogens is 562 g/mol. The first-order chi connectivity index (χ1) is 19.6. The number of nitrogens with one attached hydrogen (secondary N) is 1. The number of nitrogens with zero attached hydrogens (tertiary/aromatic N) is 2. The summed E-state index contributed by atoms with van der Waals surface area (Å²) in [5.74, 6) is -0.115. The predicted molar refractivity (Wildman–Crippen MR) is 161 cm³/mol. The molecule has 0 radical (unpaired) electrons. The lowest BCUT2D eigenvalue weighted by Gasteiger charge is -2.32. The van der Waals surface area contributed by atoms with E-state index in [2.05, 4.69) is 5.32 Å². The number of rotatable bonds is 11. The van der Waals surface area contributed by atoms with Gasteiger partial charge in [-0.25, -0.2) is 8.42 Å². The number of hydrogen-bond acceptors (Lipinski definition) is 5. The van der Waals surface area contributed by atoms with Crippen LogP contribution in [-0.4, -0.2) is 50.9 Å². The highest BCUT2D eigenvalue weighted by atomic mass is 35.5. The average molecular weight is 598 g/mol. The van der Waals surface area contributed by atoms with Crippen molar-refractivity contribution in [2.75, 3.05) is 18.0 Å². The number of halogens is 1. The van der Waals surface area contributed by atoms with Crippen molar-refractivity contribution in [3.05, 3.63) is 88.9 Å². The van der Waals surface area contributed by atoms with Crippen LogP contribution in [0, 0.1) is 6.92 Å². The molecular formula is C31H36ClN3O5S. The first-order valence-corrected chi connectivity index (χ1v) is 15.5. The van der Waals surface area contributed by atoms with Crippen LogP contribution in [0.1, 0.15) is 43.7 Å². The molecule has 0 saturated heterocycles. The van der Waals surface area contributed by atoms with Crippen molar-refractivity contribution in [3.8, 4) is 5.75 Å². The molecule has 1 saturated carbocycles. The van der Waals surface area contributed by atoms with Crippen molar-refractivity contribution in [1.29, 1.82) is 0 Å². The number of benzene rings is 3. The van der Waals surface area contributed by atoms with Crippen molar-refractivity contribution in [3.63, 3.8) is 0 Å². The molecule has 8 nitrogen and oxygen atoms in total. The number of anilines is 1. The van der Waals surface area contributed by atoms with Gasteiger partial charge in [-0.05, 0) is 80.8 Å². The van der Waals surface area contributed by atoms with Crippen LogP contribution in [-0.2, 0) is 26.2 Å². The molecule has 41 heavy (non-hydrogen) atoms. The first kappa shape index (κ1) is 30.4. The SMILES string of the molecule is COc1ccc(CN(C(=O)CN(c2ccc(Cl)cc2)S(=O)(=O)c2ccc(C)cc2)C(C)C(=O)NC2CCCC2)cc1. The fourth-order valence-electron chi connectivity index (χ4n) is 4.88. The number of aryl methyl sites for hydroxylation is 1. The zero-order valence-electron chi connectivity index (χ0n) is 23.5. The van der Waals surface area contributed by atoms with Gasteiger partial charge in [0.1, 0.15) is 18.3 Å². The molecule has 1 fully saturated rings. The average Bonchev–Trinajstić information content (AvgIpc) is 3.48. The van der Waals surface area contributed by atoms with Crippen molar-refractivity contribution < 1.29 is 22.7 Å². The van der Waals surface area contributed by atoms with Crippen molar-refractivity contribution >= 4 is 39.1 Å². The van der Waals surface area contributed by atoms with E-state index in [-0.39, 0.29) is 29.1 Å². The minimum absolute atomic E-state index is 0.0552. The third kappa shape index (κ3) is 7.59. The predicted octanol–water partition coefficient (Wildman–Crippen LogP) is 5.33. The van der Waals surface area contributed by atoms with Gasteiger partial charge < -0.3 is 15.0 Å². The summed E-state index contributed by atoms with van der Waals surface area (Å²) in [7, 11) is -2.56. The summed E-state index contributed by atoms with van der Waals surface area (Å²) in [5, 5.41) is 3.51. The highest BCUT2D eigenvalue weighted by Crippen LogP contribution is 2.27. The summed E-state index contributed by atoms with van der Waals surface area (Å²) in [6, 6.07) is 19.2. The Labute approximate surface area is 247 Å². The highest BCUT2D eigenvalue weighted by Gasteiger charge is 2.33. The van der Waals surface area contributed by atoms with E-state index >= 15 is 0 Å². The van der Waals surface area contributed by atoms with Crippen LogP contribution in [0.25, 0.3) is 0 Å². The maximum atomic E-state index is 14.0. The molecule has 1 aliphatic rings. The number of amides is 2. The molecule has 0 aliphatic heterocycles. The van der Waals surface area contributed by atoms with Crippen molar-refractivity contribution in [2.45, 2.75) is 63.1 Å². The molecule has 218 valence electrons. The Balaban J connectivity index is 1.67. The summed E-state index contributed by atoms with van der Waals surface area (Å²) in [4.78, 5) is 28.8. The Morgan fingerprint density at radius 1 is 0.976 bits per heavy atom. The second kappa shape index (κ2) is 13.4. The second-order valence-corrected chi connectivity index (χ2v) is 12.6. The van der Waals surface area contributed by atoms with Gasteiger partial charge in [0.15, 0.2) is 0 Å². The smallest absolute Gasteiger partial charge is 0.264 e. The minimum atomic E-state index is -4.13. The van der Waals surface area contributed by atoms with Gasteiger partial charge in [-0.1, -0.05) is 54.3 Å². The molecule has 0 heterocycles. The lowest BCUT2D eigenvalue weighted by atomic mass is 10.1. The van der Waals surface area contributed by atoms with Gasteiger partial charge in [-0.15, -0.1) is 0 Å². The van der Waals surface area contributed by atoms with Crippen LogP contribution in [0.4, 0.5) is 5.69 Å². The van der Waals surface area contributed by atoms with E-state index in [1.54, 1.807) is 62.6 Å². The van der Waals surface area contributed by atoms with E-state index in [0.717, 1.165) is 41.1 Å². The van der Waals surface area contributed by atoms with Crippen LogP contribution < -0.4 is 14.4 Å². The highest BCUT2D eigenvalue weighted by molar-refractivity contribution is 7.92. The molecule has 1 unspecified atom stereocenters. The quantitative estimate of drug-likeness (QED) is 0.322. The fraction of sp³-hybridized carbons (Fsp3) is 0.355. The zero-order chi connectivity index (χ0) is 29.6. The Bertz CT molecular complexity index is 1440. The molecule has 1 N–H and O–H groups in total. The number of sulfonamides is 1. The molecule has 0 spiro atoms. The number of carbonyl (C=O) groups excluding carboxylic acids is 2. The third-order valence-electron chi connectivity index (χ3n) is 7.38. The Morgan fingerprint density at radius 3 is 2.17 bits per heavy atom. The van der Waals surface area contributed by atoms with Gasteiger partial charge in [-0.2, -0.15) is 0 Å². The molecule has 2 amide bonds. The zero-order valence-corrected chi connectivity index (χ0v) is 25.1. The Morgan fingerprint density at radius 2 is 1.59 bits per heavy atom. The van der Waals surface area contributed by atoms with E-state index < -0.39 is 28.5 Å². The molecule has 1 aliphatic carbocycles. The van der Waals surface area contributed by atoms with E-state index in [9.17, 15) is 18.0 Å². The monoisotopic (exact) mass is 597 g/mol. The van der Waals surface area contributed by atoms with Crippen molar-refractivity contribution in [2.24, 2.45) is 0 Å². The van der Waals surface area contributed by atoms with Crippen LogP contribution in [0.5, 0.6) is 5.75 Å². The first-order valence-electron chi connectivity index (χ1n) is 13.7. The van der Waals surface area contributed by atoms with Gasteiger partial charge in [-0.3, -0.25) is 13.9 Å². The number of ether oxygens (including phenoxy) is 1. The molecule has 1 atom stereocenters. The van der Waals surface area contributed by atoms with Gasteiger partial charge in [0.05, 0.1) is 17.7 Å². The van der Waals surface area contributed by atoms with E-state index in [1.807, 2.05) is 19.1 Å². The minimum Gasteiger partial charge on any atom is -0.497 e. The Hall–Kier alpha value is -3.56. The number of hydrogen-bond donors (Lipinski definition) is 1. The summed E-state index contributed by atoms with van der Waals surface area (Å²) in [6.45, 7) is 3.15.